The fraction of sp³-hybridized carbons (Fsp3) is 0.667. The molecule has 0 aromatic heterocycles. The molecule has 1 saturated carbocycles. The molecule has 104 valence electrons. The smallest absolute Gasteiger partial charge is 0.0369 e. The summed E-state index contributed by atoms with van der Waals surface area (Å²) in [4.78, 5) is 2.55. The molecule has 0 spiro atoms. The molecule has 2 aliphatic rings. The van der Waals surface area contributed by atoms with Crippen LogP contribution in [0.1, 0.15) is 63.9 Å². The van der Waals surface area contributed by atoms with Crippen LogP contribution in [0.25, 0.3) is 0 Å². The predicted molar refractivity (Wildman–Crippen MR) is 82.9 cm³/mol. The van der Waals surface area contributed by atoms with Crippen LogP contribution >= 0.6 is 0 Å². The highest BCUT2D eigenvalue weighted by atomic mass is 15.1. The van der Waals surface area contributed by atoms with Gasteiger partial charge in [-0.1, -0.05) is 26.0 Å². The number of hydrogen-bond acceptors (Lipinski definition) is 1. The average molecular weight is 257 g/mol. The van der Waals surface area contributed by atoms with Gasteiger partial charge in [0.2, 0.25) is 0 Å². The third kappa shape index (κ3) is 2.96. The lowest BCUT2D eigenvalue weighted by Crippen LogP contribution is -2.21. The summed E-state index contributed by atoms with van der Waals surface area (Å²) in [6, 6.07) is 9.38. The SMILES string of the molecule is CC1(C)CCC(c2cccc(N3CCCC3)c2)CC1. The molecule has 0 unspecified atom stereocenters. The molecule has 1 aromatic carbocycles. The Morgan fingerprint density at radius 3 is 2.42 bits per heavy atom. The number of hydrogen-bond donors (Lipinski definition) is 0. The zero-order valence-corrected chi connectivity index (χ0v) is 12.5. The first-order chi connectivity index (χ1) is 9.14. The van der Waals surface area contributed by atoms with Gasteiger partial charge in [-0.05, 0) is 67.6 Å². The average Bonchev–Trinajstić information content (AvgIpc) is 2.93. The second-order valence-corrected chi connectivity index (χ2v) is 7.23. The molecule has 1 heterocycles. The van der Waals surface area contributed by atoms with Crippen LogP contribution in [0.2, 0.25) is 0 Å². The van der Waals surface area contributed by atoms with Crippen LogP contribution in [0.4, 0.5) is 5.69 Å². The number of benzene rings is 1. The van der Waals surface area contributed by atoms with Crippen LogP contribution in [0.5, 0.6) is 0 Å². The van der Waals surface area contributed by atoms with Crippen molar-refractivity contribution in [1.82, 2.24) is 0 Å². The molecule has 0 atom stereocenters. The molecule has 1 nitrogen and oxygen atoms in total. The molecule has 1 aliphatic heterocycles. The van der Waals surface area contributed by atoms with Crippen LogP contribution in [-0.4, -0.2) is 13.1 Å². The molecule has 1 aliphatic carbocycles. The van der Waals surface area contributed by atoms with E-state index in [1.807, 2.05) is 0 Å². The molecule has 1 heteroatoms. The fourth-order valence-corrected chi connectivity index (χ4v) is 3.68. The van der Waals surface area contributed by atoms with Gasteiger partial charge in [0.25, 0.3) is 0 Å². The maximum atomic E-state index is 2.55. The van der Waals surface area contributed by atoms with Gasteiger partial charge in [-0.15, -0.1) is 0 Å². The summed E-state index contributed by atoms with van der Waals surface area (Å²) >= 11 is 0. The third-order valence-corrected chi connectivity index (χ3v) is 5.15. The maximum Gasteiger partial charge on any atom is 0.0369 e. The Labute approximate surface area is 118 Å². The quantitative estimate of drug-likeness (QED) is 0.723. The lowest BCUT2D eigenvalue weighted by atomic mass is 9.71. The van der Waals surface area contributed by atoms with E-state index in [9.17, 15) is 0 Å². The van der Waals surface area contributed by atoms with Crippen LogP contribution < -0.4 is 4.90 Å². The minimum absolute atomic E-state index is 0.572. The normalized spacial score (nSPS) is 23.8. The number of anilines is 1. The van der Waals surface area contributed by atoms with Crippen molar-refractivity contribution in [3.8, 4) is 0 Å². The highest BCUT2D eigenvalue weighted by molar-refractivity contribution is 5.50. The molecule has 0 amide bonds. The van der Waals surface area contributed by atoms with Gasteiger partial charge in [0, 0.05) is 18.8 Å². The van der Waals surface area contributed by atoms with E-state index in [0.717, 1.165) is 5.92 Å². The summed E-state index contributed by atoms with van der Waals surface area (Å²) in [6.45, 7) is 7.34. The fourth-order valence-electron chi connectivity index (χ4n) is 3.68. The molecule has 1 saturated heterocycles. The molecular formula is C18H27N. The van der Waals surface area contributed by atoms with Gasteiger partial charge < -0.3 is 4.90 Å². The van der Waals surface area contributed by atoms with Crippen molar-refractivity contribution in [2.45, 2.75) is 58.3 Å². The molecule has 2 fully saturated rings. The maximum absolute atomic E-state index is 2.55. The Hall–Kier alpha value is -0.980. The van der Waals surface area contributed by atoms with Crippen molar-refractivity contribution in [3.63, 3.8) is 0 Å². The lowest BCUT2D eigenvalue weighted by molar-refractivity contribution is 0.224. The summed E-state index contributed by atoms with van der Waals surface area (Å²) in [7, 11) is 0. The molecule has 0 radical (unpaired) electrons. The topological polar surface area (TPSA) is 3.24 Å². The van der Waals surface area contributed by atoms with E-state index < -0.39 is 0 Å². The number of rotatable bonds is 2. The molecule has 1 aromatic rings. The summed E-state index contributed by atoms with van der Waals surface area (Å²) in [5, 5.41) is 0. The van der Waals surface area contributed by atoms with E-state index in [-0.39, 0.29) is 0 Å². The Kier molecular flexibility index (Phi) is 3.56. The van der Waals surface area contributed by atoms with Crippen molar-refractivity contribution in [1.29, 1.82) is 0 Å². The summed E-state index contributed by atoms with van der Waals surface area (Å²) in [5.41, 5.74) is 3.61. The van der Waals surface area contributed by atoms with Gasteiger partial charge in [-0.3, -0.25) is 0 Å². The van der Waals surface area contributed by atoms with E-state index in [1.54, 1.807) is 5.56 Å². The van der Waals surface area contributed by atoms with Crippen molar-refractivity contribution < 1.29 is 0 Å². The first kappa shape index (κ1) is 13.0. The first-order valence-corrected chi connectivity index (χ1v) is 7.99. The Morgan fingerprint density at radius 2 is 1.74 bits per heavy atom. The molecular weight excluding hydrogens is 230 g/mol. The minimum Gasteiger partial charge on any atom is -0.372 e. The summed E-state index contributed by atoms with van der Waals surface area (Å²) in [6.07, 6.45) is 8.23. The van der Waals surface area contributed by atoms with Gasteiger partial charge in [0.1, 0.15) is 0 Å². The standard InChI is InChI=1S/C18H27N/c1-18(2)10-8-15(9-11-18)16-6-5-7-17(14-16)19-12-3-4-13-19/h5-7,14-15H,3-4,8-13H2,1-2H3. The molecule has 3 rings (SSSR count). The van der Waals surface area contributed by atoms with E-state index in [0.29, 0.717) is 5.41 Å². The first-order valence-electron chi connectivity index (χ1n) is 7.99. The van der Waals surface area contributed by atoms with Gasteiger partial charge >= 0.3 is 0 Å². The predicted octanol–water partition coefficient (Wildman–Crippen LogP) is 4.97. The van der Waals surface area contributed by atoms with Crippen LogP contribution in [-0.2, 0) is 0 Å². The van der Waals surface area contributed by atoms with Crippen molar-refractivity contribution >= 4 is 5.69 Å². The van der Waals surface area contributed by atoms with Crippen molar-refractivity contribution in [3.05, 3.63) is 29.8 Å². The van der Waals surface area contributed by atoms with E-state index >= 15 is 0 Å². The van der Waals surface area contributed by atoms with Crippen LogP contribution in [0.15, 0.2) is 24.3 Å². The minimum atomic E-state index is 0.572. The lowest BCUT2D eigenvalue weighted by Gasteiger charge is -2.34. The van der Waals surface area contributed by atoms with Crippen LogP contribution in [0, 0.1) is 5.41 Å². The summed E-state index contributed by atoms with van der Waals surface area (Å²) in [5.74, 6) is 0.801. The molecule has 0 N–H and O–H groups in total. The van der Waals surface area contributed by atoms with E-state index in [2.05, 4.69) is 43.0 Å². The Morgan fingerprint density at radius 1 is 1.05 bits per heavy atom. The zero-order valence-electron chi connectivity index (χ0n) is 12.5. The summed E-state index contributed by atoms with van der Waals surface area (Å²) < 4.78 is 0. The monoisotopic (exact) mass is 257 g/mol. The van der Waals surface area contributed by atoms with E-state index in [4.69, 9.17) is 0 Å². The van der Waals surface area contributed by atoms with Gasteiger partial charge in [-0.2, -0.15) is 0 Å². The second kappa shape index (κ2) is 5.19. The largest absolute Gasteiger partial charge is 0.372 e. The third-order valence-electron chi connectivity index (χ3n) is 5.15. The van der Waals surface area contributed by atoms with Crippen molar-refractivity contribution in [2.24, 2.45) is 5.41 Å². The van der Waals surface area contributed by atoms with Crippen LogP contribution in [0.3, 0.4) is 0 Å². The van der Waals surface area contributed by atoms with Crippen molar-refractivity contribution in [2.75, 3.05) is 18.0 Å². The highest BCUT2D eigenvalue weighted by Crippen LogP contribution is 2.42. The zero-order chi connectivity index (χ0) is 13.3. The molecule has 19 heavy (non-hydrogen) atoms. The molecule has 0 bridgehead atoms. The highest BCUT2D eigenvalue weighted by Gasteiger charge is 2.27. The van der Waals surface area contributed by atoms with Gasteiger partial charge in [0.15, 0.2) is 0 Å². The van der Waals surface area contributed by atoms with Gasteiger partial charge in [-0.25, -0.2) is 0 Å². The Balaban J connectivity index is 1.72. The van der Waals surface area contributed by atoms with E-state index in [1.165, 1.54) is 57.3 Å². The Bertz CT molecular complexity index is 419. The number of nitrogens with zero attached hydrogens (tertiary/aromatic N) is 1. The second-order valence-electron chi connectivity index (χ2n) is 7.23. The van der Waals surface area contributed by atoms with Gasteiger partial charge in [0.05, 0.1) is 0 Å².